The molecule has 1 fully saturated rings. The summed E-state index contributed by atoms with van der Waals surface area (Å²) in [6, 6.07) is 0. The fourth-order valence-corrected chi connectivity index (χ4v) is 2.44. The lowest BCUT2D eigenvalue weighted by atomic mass is 10.4. The largest absolute Gasteiger partial charge is 0.382 e. The van der Waals surface area contributed by atoms with E-state index in [4.69, 9.17) is 10.5 Å². The first-order chi connectivity index (χ1) is 9.11. The molecule has 1 aliphatic carbocycles. The van der Waals surface area contributed by atoms with Crippen LogP contribution in [0.1, 0.15) is 22.5 Å². The Morgan fingerprint density at radius 3 is 2.95 bits per heavy atom. The highest BCUT2D eigenvalue weighted by atomic mass is 32.1. The molecule has 0 radical (unpaired) electrons. The molecule has 19 heavy (non-hydrogen) atoms. The van der Waals surface area contributed by atoms with Gasteiger partial charge in [-0.15, -0.1) is 0 Å². The molecule has 1 aliphatic rings. The van der Waals surface area contributed by atoms with Gasteiger partial charge in [0.15, 0.2) is 5.13 Å². The van der Waals surface area contributed by atoms with E-state index in [1.165, 1.54) is 24.2 Å². The smallest absolute Gasteiger partial charge is 0.267 e. The quantitative estimate of drug-likeness (QED) is 0.737. The number of likely N-dealkylation sites (N-methyl/N-ethyl adjacent to an activating group) is 1. The van der Waals surface area contributed by atoms with Crippen molar-refractivity contribution in [3.63, 3.8) is 0 Å². The van der Waals surface area contributed by atoms with Gasteiger partial charge in [0.25, 0.3) is 5.91 Å². The number of amides is 1. The fourth-order valence-electron chi connectivity index (χ4n) is 1.60. The van der Waals surface area contributed by atoms with Crippen molar-refractivity contribution in [2.24, 2.45) is 5.92 Å². The van der Waals surface area contributed by atoms with Crippen molar-refractivity contribution in [3.05, 3.63) is 4.88 Å². The molecule has 6 nitrogen and oxygen atoms in total. The van der Waals surface area contributed by atoms with E-state index in [9.17, 15) is 4.79 Å². The molecule has 0 aromatic carbocycles. The van der Waals surface area contributed by atoms with Crippen molar-refractivity contribution in [3.8, 4) is 0 Å². The summed E-state index contributed by atoms with van der Waals surface area (Å²) in [5, 5.41) is 3.54. The minimum atomic E-state index is -0.105. The summed E-state index contributed by atoms with van der Waals surface area (Å²) in [5.41, 5.74) is 5.74. The molecule has 0 bridgehead atoms. The Kier molecular flexibility index (Phi) is 4.60. The average molecular weight is 284 g/mol. The van der Waals surface area contributed by atoms with E-state index in [0.29, 0.717) is 23.2 Å². The van der Waals surface area contributed by atoms with Crippen LogP contribution in [0.4, 0.5) is 10.9 Å². The Balaban J connectivity index is 1.81. The van der Waals surface area contributed by atoms with Crippen molar-refractivity contribution in [1.29, 1.82) is 0 Å². The second-order valence-electron chi connectivity index (χ2n) is 4.73. The zero-order valence-corrected chi connectivity index (χ0v) is 12.1. The Hall–Kier alpha value is -1.34. The number of thiazole rings is 1. The number of carbonyl (C=O) groups is 1. The van der Waals surface area contributed by atoms with E-state index in [1.54, 1.807) is 19.0 Å². The summed E-state index contributed by atoms with van der Waals surface area (Å²) in [4.78, 5) is 18.3. The maximum Gasteiger partial charge on any atom is 0.267 e. The molecular formula is C12H20N4O2S. The molecule has 0 atom stereocenters. The molecule has 7 heteroatoms. The highest BCUT2D eigenvalue weighted by Crippen LogP contribution is 2.28. The summed E-state index contributed by atoms with van der Waals surface area (Å²) in [6.45, 7) is 1.95. The standard InChI is InChI=1S/C12H20N4O2S/c1-14-12-15-10(13)9(19-12)11(17)16(2)5-6-18-7-8-3-4-8/h8H,3-7,13H2,1-2H3,(H,14,15). The van der Waals surface area contributed by atoms with Crippen LogP contribution in [0.25, 0.3) is 0 Å². The van der Waals surface area contributed by atoms with Gasteiger partial charge in [-0.25, -0.2) is 4.98 Å². The predicted octanol–water partition coefficient (Wildman–Crippen LogP) is 1.27. The number of rotatable bonds is 7. The van der Waals surface area contributed by atoms with Gasteiger partial charge in [0.2, 0.25) is 0 Å². The molecule has 1 heterocycles. The van der Waals surface area contributed by atoms with Gasteiger partial charge >= 0.3 is 0 Å². The van der Waals surface area contributed by atoms with E-state index < -0.39 is 0 Å². The van der Waals surface area contributed by atoms with Gasteiger partial charge in [0.05, 0.1) is 6.61 Å². The molecule has 2 rings (SSSR count). The first-order valence-electron chi connectivity index (χ1n) is 6.39. The van der Waals surface area contributed by atoms with Gasteiger partial charge in [-0.05, 0) is 18.8 Å². The summed E-state index contributed by atoms with van der Waals surface area (Å²) in [5.74, 6) is 0.924. The first-order valence-corrected chi connectivity index (χ1v) is 7.20. The second kappa shape index (κ2) is 6.21. The molecule has 106 valence electrons. The number of nitrogens with two attached hydrogens (primary N) is 1. The number of nitrogen functional groups attached to an aromatic ring is 1. The highest BCUT2D eigenvalue weighted by molar-refractivity contribution is 7.18. The monoisotopic (exact) mass is 284 g/mol. The number of hydrogen-bond donors (Lipinski definition) is 2. The van der Waals surface area contributed by atoms with Gasteiger partial charge in [-0.1, -0.05) is 11.3 Å². The van der Waals surface area contributed by atoms with Crippen molar-refractivity contribution < 1.29 is 9.53 Å². The SMILES string of the molecule is CNc1nc(N)c(C(=O)N(C)CCOCC2CC2)s1. The molecule has 3 N–H and O–H groups in total. The van der Waals surface area contributed by atoms with Gasteiger partial charge in [-0.3, -0.25) is 4.79 Å². The third-order valence-corrected chi connectivity index (χ3v) is 4.11. The average Bonchev–Trinajstić information content (AvgIpc) is 3.15. The minimum absolute atomic E-state index is 0.105. The predicted molar refractivity (Wildman–Crippen MR) is 76.6 cm³/mol. The number of ether oxygens (including phenoxy) is 1. The third kappa shape index (κ3) is 3.81. The number of aromatic nitrogens is 1. The molecule has 0 spiro atoms. The van der Waals surface area contributed by atoms with Gasteiger partial charge in [0, 0.05) is 27.2 Å². The van der Waals surface area contributed by atoms with E-state index in [2.05, 4.69) is 10.3 Å². The van der Waals surface area contributed by atoms with E-state index in [-0.39, 0.29) is 11.7 Å². The number of carbonyl (C=O) groups excluding carboxylic acids is 1. The molecule has 0 aliphatic heterocycles. The fraction of sp³-hybridized carbons (Fsp3) is 0.667. The lowest BCUT2D eigenvalue weighted by Crippen LogP contribution is -2.30. The number of nitrogens with zero attached hydrogens (tertiary/aromatic N) is 2. The van der Waals surface area contributed by atoms with Crippen LogP contribution in [0.15, 0.2) is 0 Å². The molecular weight excluding hydrogens is 264 g/mol. The second-order valence-corrected chi connectivity index (χ2v) is 5.73. The normalized spacial score (nSPS) is 14.4. The lowest BCUT2D eigenvalue weighted by molar-refractivity contribution is 0.0686. The third-order valence-electron chi connectivity index (χ3n) is 3.03. The van der Waals surface area contributed by atoms with Gasteiger partial charge < -0.3 is 20.7 Å². The van der Waals surface area contributed by atoms with Crippen LogP contribution in [-0.4, -0.2) is 49.6 Å². The summed E-state index contributed by atoms with van der Waals surface area (Å²) < 4.78 is 5.52. The maximum atomic E-state index is 12.2. The zero-order chi connectivity index (χ0) is 13.8. The number of nitrogens with one attached hydrogen (secondary N) is 1. The Morgan fingerprint density at radius 1 is 1.63 bits per heavy atom. The van der Waals surface area contributed by atoms with Crippen molar-refractivity contribution in [1.82, 2.24) is 9.88 Å². The Morgan fingerprint density at radius 2 is 2.37 bits per heavy atom. The number of anilines is 2. The lowest BCUT2D eigenvalue weighted by Gasteiger charge is -2.16. The highest BCUT2D eigenvalue weighted by Gasteiger charge is 2.22. The zero-order valence-electron chi connectivity index (χ0n) is 11.3. The molecule has 0 saturated heterocycles. The summed E-state index contributed by atoms with van der Waals surface area (Å²) in [7, 11) is 3.50. The van der Waals surface area contributed by atoms with Crippen LogP contribution in [0.5, 0.6) is 0 Å². The van der Waals surface area contributed by atoms with Crippen LogP contribution in [0.3, 0.4) is 0 Å². The Bertz CT molecular complexity index is 445. The Labute approximate surface area is 116 Å². The van der Waals surface area contributed by atoms with Crippen LogP contribution < -0.4 is 11.1 Å². The molecule has 0 unspecified atom stereocenters. The van der Waals surface area contributed by atoms with Crippen LogP contribution >= 0.6 is 11.3 Å². The first kappa shape index (κ1) is 14.1. The van der Waals surface area contributed by atoms with Crippen molar-refractivity contribution >= 4 is 28.2 Å². The van der Waals surface area contributed by atoms with Crippen LogP contribution in [-0.2, 0) is 4.74 Å². The van der Waals surface area contributed by atoms with Crippen LogP contribution in [0.2, 0.25) is 0 Å². The maximum absolute atomic E-state index is 12.2. The van der Waals surface area contributed by atoms with E-state index >= 15 is 0 Å². The van der Waals surface area contributed by atoms with Gasteiger partial charge in [-0.2, -0.15) is 0 Å². The minimum Gasteiger partial charge on any atom is -0.382 e. The van der Waals surface area contributed by atoms with Crippen molar-refractivity contribution in [2.45, 2.75) is 12.8 Å². The number of hydrogen-bond acceptors (Lipinski definition) is 6. The molecule has 1 aromatic heterocycles. The van der Waals surface area contributed by atoms with Crippen LogP contribution in [0, 0.1) is 5.92 Å². The van der Waals surface area contributed by atoms with Crippen molar-refractivity contribution in [2.75, 3.05) is 44.9 Å². The van der Waals surface area contributed by atoms with E-state index in [0.717, 1.165) is 12.5 Å². The van der Waals surface area contributed by atoms with Gasteiger partial charge in [0.1, 0.15) is 10.7 Å². The molecule has 1 aromatic rings. The van der Waals surface area contributed by atoms with E-state index in [1.807, 2.05) is 0 Å². The summed E-state index contributed by atoms with van der Waals surface area (Å²) >= 11 is 1.27. The molecule has 1 saturated carbocycles. The molecule has 1 amide bonds. The summed E-state index contributed by atoms with van der Waals surface area (Å²) in [6.07, 6.45) is 2.55. The topological polar surface area (TPSA) is 80.5 Å².